The molecule has 0 heterocycles. The van der Waals surface area contributed by atoms with Gasteiger partial charge in [0.25, 0.3) is 5.91 Å². The first kappa shape index (κ1) is 17.6. The second-order valence-electron chi connectivity index (χ2n) is 5.49. The summed E-state index contributed by atoms with van der Waals surface area (Å²) < 4.78 is 4.94. The lowest BCUT2D eigenvalue weighted by Crippen LogP contribution is -2.36. The van der Waals surface area contributed by atoms with Crippen LogP contribution in [0.1, 0.15) is 37.0 Å². The number of esters is 1. The number of amides is 1. The van der Waals surface area contributed by atoms with Crippen LogP contribution in [0.5, 0.6) is 11.5 Å². The molecule has 0 aliphatic rings. The Labute approximate surface area is 140 Å². The number of carbonyl (C=O) groups is 2. The van der Waals surface area contributed by atoms with Crippen molar-refractivity contribution in [2.24, 2.45) is 0 Å². The lowest BCUT2D eigenvalue weighted by molar-refractivity contribution is -0.125. The van der Waals surface area contributed by atoms with Gasteiger partial charge in [-0.3, -0.25) is 4.79 Å². The number of aromatic hydroxyl groups is 2. The van der Waals surface area contributed by atoms with E-state index in [2.05, 4.69) is 5.32 Å². The molecule has 0 bridgehead atoms. The molecule has 0 saturated carbocycles. The molecular formula is C18H21NO5. The van der Waals surface area contributed by atoms with Crippen molar-refractivity contribution in [1.82, 2.24) is 5.32 Å². The number of nitrogens with one attached hydrogen (secondary N) is 1. The molecule has 6 heteroatoms. The van der Waals surface area contributed by atoms with Gasteiger partial charge in [0.2, 0.25) is 0 Å². The minimum atomic E-state index is -0.867. The molecular weight excluding hydrogens is 310 g/mol. The fourth-order valence-electron chi connectivity index (χ4n) is 2.47. The van der Waals surface area contributed by atoms with Crippen molar-refractivity contribution < 1.29 is 24.5 Å². The number of phenols is 2. The van der Waals surface area contributed by atoms with Gasteiger partial charge in [-0.25, -0.2) is 4.79 Å². The van der Waals surface area contributed by atoms with Crippen molar-refractivity contribution in [3.05, 3.63) is 35.9 Å². The zero-order valence-corrected chi connectivity index (χ0v) is 13.7. The number of phenolic OH excluding ortho intramolecular Hbond substituents is 2. The fraction of sp³-hybridized carbons (Fsp3) is 0.333. The zero-order valence-electron chi connectivity index (χ0n) is 13.7. The van der Waals surface area contributed by atoms with Gasteiger partial charge in [-0.15, -0.1) is 0 Å². The predicted octanol–water partition coefficient (Wildman–Crippen LogP) is 2.71. The smallest absolute Gasteiger partial charge is 0.342 e. The van der Waals surface area contributed by atoms with E-state index in [9.17, 15) is 19.8 Å². The third kappa shape index (κ3) is 3.76. The van der Waals surface area contributed by atoms with Gasteiger partial charge in [-0.05, 0) is 18.9 Å². The molecule has 0 atom stereocenters. The van der Waals surface area contributed by atoms with E-state index in [0.29, 0.717) is 10.8 Å². The Balaban J connectivity index is 2.12. The van der Waals surface area contributed by atoms with E-state index in [4.69, 9.17) is 4.74 Å². The summed E-state index contributed by atoms with van der Waals surface area (Å²) in [4.78, 5) is 23.9. The molecule has 0 radical (unpaired) electrons. The maximum Gasteiger partial charge on any atom is 0.342 e. The Kier molecular flexibility index (Phi) is 5.63. The number of hydrogen-bond acceptors (Lipinski definition) is 5. The van der Waals surface area contributed by atoms with Crippen molar-refractivity contribution in [3.63, 3.8) is 0 Å². The Bertz CT molecular complexity index is 752. The largest absolute Gasteiger partial charge is 0.507 e. The first-order chi connectivity index (χ1) is 11.5. The maximum atomic E-state index is 12.1. The van der Waals surface area contributed by atoms with Crippen LogP contribution in [-0.2, 0) is 9.53 Å². The SMILES string of the molecule is CCC(CC)NC(=O)COC(=O)c1cc(O)c2ccccc2c1O. The summed E-state index contributed by atoms with van der Waals surface area (Å²) >= 11 is 0. The van der Waals surface area contributed by atoms with Crippen LogP contribution in [0, 0.1) is 0 Å². The lowest BCUT2D eigenvalue weighted by Gasteiger charge is -2.15. The average Bonchev–Trinajstić information content (AvgIpc) is 2.60. The molecule has 1 amide bonds. The molecule has 0 fully saturated rings. The van der Waals surface area contributed by atoms with Crippen molar-refractivity contribution in [2.45, 2.75) is 32.7 Å². The van der Waals surface area contributed by atoms with Crippen LogP contribution in [0.3, 0.4) is 0 Å². The standard InChI is InChI=1S/C18H21NO5/c1-3-11(4-2)19-16(21)10-24-18(23)14-9-15(20)12-7-5-6-8-13(12)17(14)22/h5-9,11,20,22H,3-4,10H2,1-2H3,(H,19,21). The number of carbonyl (C=O) groups excluding carboxylic acids is 2. The predicted molar refractivity (Wildman–Crippen MR) is 90.1 cm³/mol. The van der Waals surface area contributed by atoms with Crippen LogP contribution >= 0.6 is 0 Å². The molecule has 0 saturated heterocycles. The van der Waals surface area contributed by atoms with Gasteiger partial charge in [0.05, 0.1) is 0 Å². The lowest BCUT2D eigenvalue weighted by atomic mass is 10.0. The normalized spacial score (nSPS) is 10.8. The Morgan fingerprint density at radius 2 is 1.75 bits per heavy atom. The summed E-state index contributed by atoms with van der Waals surface area (Å²) in [7, 11) is 0. The van der Waals surface area contributed by atoms with Crippen LogP contribution in [0.2, 0.25) is 0 Å². The van der Waals surface area contributed by atoms with Gasteiger partial charge in [0, 0.05) is 16.8 Å². The Hall–Kier alpha value is -2.76. The number of rotatable bonds is 6. The average molecular weight is 331 g/mol. The molecule has 0 unspecified atom stereocenters. The quantitative estimate of drug-likeness (QED) is 0.559. The molecule has 0 aliphatic carbocycles. The van der Waals surface area contributed by atoms with Gasteiger partial charge in [0.1, 0.15) is 17.1 Å². The van der Waals surface area contributed by atoms with Crippen LogP contribution in [0.25, 0.3) is 10.8 Å². The topological polar surface area (TPSA) is 95.9 Å². The van der Waals surface area contributed by atoms with Gasteiger partial charge in [0.15, 0.2) is 6.61 Å². The number of ether oxygens (including phenoxy) is 1. The van der Waals surface area contributed by atoms with Gasteiger partial charge in [-0.1, -0.05) is 38.1 Å². The van der Waals surface area contributed by atoms with Crippen molar-refractivity contribution in [2.75, 3.05) is 6.61 Å². The summed E-state index contributed by atoms with van der Waals surface area (Å²) in [5, 5.41) is 23.7. The highest BCUT2D eigenvalue weighted by Gasteiger charge is 2.19. The molecule has 128 valence electrons. The van der Waals surface area contributed by atoms with Gasteiger partial charge < -0.3 is 20.3 Å². The molecule has 2 rings (SSSR count). The van der Waals surface area contributed by atoms with E-state index in [1.807, 2.05) is 13.8 Å². The monoisotopic (exact) mass is 331 g/mol. The van der Waals surface area contributed by atoms with Gasteiger partial charge >= 0.3 is 5.97 Å². The van der Waals surface area contributed by atoms with Crippen LogP contribution in [0.15, 0.2) is 30.3 Å². The summed E-state index contributed by atoms with van der Waals surface area (Å²) in [6.07, 6.45) is 1.57. The summed E-state index contributed by atoms with van der Waals surface area (Å²) in [6, 6.07) is 7.78. The number of hydrogen-bond donors (Lipinski definition) is 3. The molecule has 24 heavy (non-hydrogen) atoms. The van der Waals surface area contributed by atoms with E-state index in [1.165, 1.54) is 0 Å². The highest BCUT2D eigenvalue weighted by atomic mass is 16.5. The third-order valence-corrected chi connectivity index (χ3v) is 3.90. The van der Waals surface area contributed by atoms with Crippen molar-refractivity contribution in [1.29, 1.82) is 0 Å². The molecule has 0 spiro atoms. The van der Waals surface area contributed by atoms with E-state index >= 15 is 0 Å². The van der Waals surface area contributed by atoms with E-state index in [-0.39, 0.29) is 23.1 Å². The second kappa shape index (κ2) is 7.68. The third-order valence-electron chi connectivity index (χ3n) is 3.90. The second-order valence-corrected chi connectivity index (χ2v) is 5.49. The zero-order chi connectivity index (χ0) is 17.7. The fourth-order valence-corrected chi connectivity index (χ4v) is 2.47. The summed E-state index contributed by atoms with van der Waals surface area (Å²) in [5.74, 6) is -1.69. The minimum absolute atomic E-state index is 0.0364. The first-order valence-electron chi connectivity index (χ1n) is 7.88. The Morgan fingerprint density at radius 1 is 1.12 bits per heavy atom. The van der Waals surface area contributed by atoms with Crippen LogP contribution in [0.4, 0.5) is 0 Å². The first-order valence-corrected chi connectivity index (χ1v) is 7.88. The molecule has 0 aromatic heterocycles. The molecule has 3 N–H and O–H groups in total. The van der Waals surface area contributed by atoms with Crippen LogP contribution < -0.4 is 5.32 Å². The minimum Gasteiger partial charge on any atom is -0.507 e. The van der Waals surface area contributed by atoms with Gasteiger partial charge in [-0.2, -0.15) is 0 Å². The molecule has 6 nitrogen and oxygen atoms in total. The van der Waals surface area contributed by atoms with E-state index in [1.54, 1.807) is 24.3 Å². The number of benzene rings is 2. The van der Waals surface area contributed by atoms with E-state index < -0.39 is 18.5 Å². The Morgan fingerprint density at radius 3 is 2.38 bits per heavy atom. The molecule has 2 aromatic rings. The van der Waals surface area contributed by atoms with Crippen LogP contribution in [-0.4, -0.2) is 34.7 Å². The summed E-state index contributed by atoms with van der Waals surface area (Å²) in [5.41, 5.74) is -0.179. The summed E-state index contributed by atoms with van der Waals surface area (Å²) in [6.45, 7) is 3.47. The highest BCUT2D eigenvalue weighted by molar-refractivity contribution is 6.04. The molecule has 2 aromatic carbocycles. The van der Waals surface area contributed by atoms with Crippen molar-refractivity contribution >= 4 is 22.6 Å². The number of fused-ring (bicyclic) bond motifs is 1. The molecule has 0 aliphatic heterocycles. The van der Waals surface area contributed by atoms with Crippen molar-refractivity contribution in [3.8, 4) is 11.5 Å². The van der Waals surface area contributed by atoms with E-state index in [0.717, 1.165) is 18.9 Å². The maximum absolute atomic E-state index is 12.1. The highest BCUT2D eigenvalue weighted by Crippen LogP contribution is 2.35.